The summed E-state index contributed by atoms with van der Waals surface area (Å²) in [6.07, 6.45) is 81.2. The Bertz CT molecular complexity index is 1440. The molecule has 0 amide bonds. The molecular formula is C67H114O6. The molecule has 0 spiro atoms. The van der Waals surface area contributed by atoms with Gasteiger partial charge in [0, 0.05) is 19.3 Å². The van der Waals surface area contributed by atoms with Crippen molar-refractivity contribution in [2.75, 3.05) is 13.2 Å². The van der Waals surface area contributed by atoms with Gasteiger partial charge in [0.2, 0.25) is 0 Å². The molecule has 418 valence electrons. The molecule has 1 atom stereocenters. The second-order valence-electron chi connectivity index (χ2n) is 20.2. The molecule has 0 bridgehead atoms. The van der Waals surface area contributed by atoms with Crippen LogP contribution in [-0.2, 0) is 28.6 Å². The predicted octanol–water partition coefficient (Wildman–Crippen LogP) is 20.9. The van der Waals surface area contributed by atoms with E-state index in [-0.39, 0.29) is 37.5 Å². The van der Waals surface area contributed by atoms with Crippen LogP contribution >= 0.6 is 0 Å². The Morgan fingerprint density at radius 1 is 0.288 bits per heavy atom. The van der Waals surface area contributed by atoms with Crippen molar-refractivity contribution in [2.24, 2.45) is 0 Å². The van der Waals surface area contributed by atoms with Gasteiger partial charge in [0.25, 0.3) is 0 Å². The van der Waals surface area contributed by atoms with Crippen LogP contribution in [0.2, 0.25) is 0 Å². The monoisotopic (exact) mass is 1010 g/mol. The molecule has 1 unspecified atom stereocenters. The van der Waals surface area contributed by atoms with Crippen molar-refractivity contribution in [3.63, 3.8) is 0 Å². The predicted molar refractivity (Wildman–Crippen MR) is 316 cm³/mol. The molecule has 0 radical (unpaired) electrons. The summed E-state index contributed by atoms with van der Waals surface area (Å²) < 4.78 is 16.8. The van der Waals surface area contributed by atoms with E-state index < -0.39 is 6.10 Å². The molecule has 0 aromatic carbocycles. The third-order valence-corrected chi connectivity index (χ3v) is 13.1. The first-order valence-electron chi connectivity index (χ1n) is 30.7. The van der Waals surface area contributed by atoms with Gasteiger partial charge in [-0.2, -0.15) is 0 Å². The minimum absolute atomic E-state index is 0.0940. The van der Waals surface area contributed by atoms with E-state index in [4.69, 9.17) is 14.2 Å². The van der Waals surface area contributed by atoms with Crippen LogP contribution in [0.5, 0.6) is 0 Å². The van der Waals surface area contributed by atoms with Crippen LogP contribution in [0.1, 0.15) is 290 Å². The highest BCUT2D eigenvalue weighted by Crippen LogP contribution is 2.15. The number of hydrogen-bond donors (Lipinski definition) is 0. The molecule has 0 saturated heterocycles. The Kier molecular flexibility index (Phi) is 57.8. The van der Waals surface area contributed by atoms with Gasteiger partial charge in [0.15, 0.2) is 6.10 Å². The molecular weight excluding hydrogens is 901 g/mol. The zero-order chi connectivity index (χ0) is 52.9. The average Bonchev–Trinajstić information content (AvgIpc) is 3.39. The van der Waals surface area contributed by atoms with E-state index in [2.05, 4.69) is 118 Å². The Balaban J connectivity index is 4.38. The Morgan fingerprint density at radius 2 is 0.534 bits per heavy atom. The third-order valence-electron chi connectivity index (χ3n) is 13.1. The van der Waals surface area contributed by atoms with Gasteiger partial charge in [-0.3, -0.25) is 14.4 Å². The highest BCUT2D eigenvalue weighted by Gasteiger charge is 2.19. The summed E-state index contributed by atoms with van der Waals surface area (Å²) in [5.74, 6) is -0.934. The van der Waals surface area contributed by atoms with Gasteiger partial charge >= 0.3 is 17.9 Å². The van der Waals surface area contributed by atoms with Crippen LogP contribution in [0.15, 0.2) is 97.2 Å². The lowest BCUT2D eigenvalue weighted by Crippen LogP contribution is -2.30. The second-order valence-corrected chi connectivity index (χ2v) is 20.2. The van der Waals surface area contributed by atoms with E-state index >= 15 is 0 Å². The zero-order valence-corrected chi connectivity index (χ0v) is 47.9. The van der Waals surface area contributed by atoms with Crippen molar-refractivity contribution in [1.82, 2.24) is 0 Å². The van der Waals surface area contributed by atoms with Crippen molar-refractivity contribution in [3.05, 3.63) is 97.2 Å². The number of hydrogen-bond acceptors (Lipinski definition) is 6. The maximum absolute atomic E-state index is 12.9. The van der Waals surface area contributed by atoms with Gasteiger partial charge in [-0.15, -0.1) is 0 Å². The minimum atomic E-state index is -0.801. The first-order valence-corrected chi connectivity index (χ1v) is 30.7. The first kappa shape index (κ1) is 69.3. The smallest absolute Gasteiger partial charge is 0.306 e. The molecule has 6 heteroatoms. The molecule has 0 aliphatic heterocycles. The standard InChI is InChI=1S/C67H114O6/c1-4-7-10-13-16-19-22-24-26-28-30-32-33-35-36-38-40-42-45-48-51-54-57-60-66(69)72-63-64(62-71-65(68)59-56-53-50-47-44-21-18-15-12-9-6-3)73-67(70)61-58-55-52-49-46-43-41-39-37-34-31-29-27-25-23-20-17-14-11-8-5-2/h8,11,17,20,22,24-25,27-28,30-31,34,39,41,46,49,64H,4-7,9-10,12-16,18-19,21,23,26,29,32-33,35-38,40,42-45,47-48,50-63H2,1-3H3/b11-8-,20-17-,24-22-,27-25-,30-28-,34-31-,41-39-,49-46-. The van der Waals surface area contributed by atoms with E-state index in [0.717, 1.165) is 96.3 Å². The van der Waals surface area contributed by atoms with Gasteiger partial charge in [0.05, 0.1) is 0 Å². The normalized spacial score (nSPS) is 12.8. The minimum Gasteiger partial charge on any atom is -0.462 e. The summed E-state index contributed by atoms with van der Waals surface area (Å²) in [6.45, 7) is 6.49. The Hall–Kier alpha value is -3.67. The summed E-state index contributed by atoms with van der Waals surface area (Å²) in [5.41, 5.74) is 0. The van der Waals surface area contributed by atoms with Gasteiger partial charge in [-0.05, 0) is 103 Å². The lowest BCUT2D eigenvalue weighted by Gasteiger charge is -2.18. The van der Waals surface area contributed by atoms with Crippen molar-refractivity contribution < 1.29 is 28.6 Å². The zero-order valence-electron chi connectivity index (χ0n) is 47.9. The summed E-state index contributed by atoms with van der Waals surface area (Å²) in [7, 11) is 0. The summed E-state index contributed by atoms with van der Waals surface area (Å²) in [5, 5.41) is 0. The van der Waals surface area contributed by atoms with Gasteiger partial charge in [-0.25, -0.2) is 0 Å². The van der Waals surface area contributed by atoms with Crippen LogP contribution in [0.3, 0.4) is 0 Å². The molecule has 0 aromatic heterocycles. The quantitative estimate of drug-likeness (QED) is 0.0261. The Labute approximate surface area is 451 Å². The van der Waals surface area contributed by atoms with E-state index in [1.165, 1.54) is 148 Å². The molecule has 0 saturated carbocycles. The fourth-order valence-corrected chi connectivity index (χ4v) is 8.48. The molecule has 0 heterocycles. The molecule has 73 heavy (non-hydrogen) atoms. The number of carbonyl (C=O) groups is 3. The van der Waals surface area contributed by atoms with Crippen LogP contribution < -0.4 is 0 Å². The van der Waals surface area contributed by atoms with Gasteiger partial charge < -0.3 is 14.2 Å². The number of carbonyl (C=O) groups excluding carboxylic acids is 3. The Morgan fingerprint density at radius 3 is 0.863 bits per heavy atom. The number of allylic oxidation sites excluding steroid dienone is 16. The molecule has 6 nitrogen and oxygen atoms in total. The average molecular weight is 1020 g/mol. The largest absolute Gasteiger partial charge is 0.462 e. The van der Waals surface area contributed by atoms with Crippen molar-refractivity contribution in [1.29, 1.82) is 0 Å². The van der Waals surface area contributed by atoms with E-state index in [1.54, 1.807) is 0 Å². The summed E-state index contributed by atoms with van der Waals surface area (Å²) >= 11 is 0. The maximum atomic E-state index is 12.9. The van der Waals surface area contributed by atoms with Crippen molar-refractivity contribution >= 4 is 17.9 Å². The SMILES string of the molecule is CC/C=C\C/C=C\C/C=C\C/C=C\C/C=C\C/C=C\CCCCC(=O)OC(COC(=O)CCCCCCCCCCCCC)COC(=O)CCCCCCCCCCCCC/C=C\C/C=C\CCCCCCC. The van der Waals surface area contributed by atoms with Crippen molar-refractivity contribution in [3.8, 4) is 0 Å². The van der Waals surface area contributed by atoms with Gasteiger partial charge in [0.1, 0.15) is 13.2 Å². The molecule has 0 rings (SSSR count). The van der Waals surface area contributed by atoms with E-state index in [0.29, 0.717) is 19.3 Å². The highest BCUT2D eigenvalue weighted by molar-refractivity contribution is 5.71. The molecule has 0 N–H and O–H groups in total. The van der Waals surface area contributed by atoms with E-state index in [1.807, 2.05) is 0 Å². The lowest BCUT2D eigenvalue weighted by atomic mass is 10.0. The number of rotatable bonds is 55. The third kappa shape index (κ3) is 59.1. The molecule has 0 aromatic rings. The highest BCUT2D eigenvalue weighted by atomic mass is 16.6. The van der Waals surface area contributed by atoms with Crippen molar-refractivity contribution in [2.45, 2.75) is 297 Å². The molecule has 0 fully saturated rings. The fourth-order valence-electron chi connectivity index (χ4n) is 8.48. The van der Waals surface area contributed by atoms with Crippen LogP contribution in [-0.4, -0.2) is 37.2 Å². The fraction of sp³-hybridized carbons (Fsp3) is 0.716. The molecule has 0 aliphatic carbocycles. The number of unbranched alkanes of at least 4 members (excludes halogenated alkanes) is 28. The maximum Gasteiger partial charge on any atom is 0.306 e. The topological polar surface area (TPSA) is 78.9 Å². The molecule has 0 aliphatic rings. The van der Waals surface area contributed by atoms with Crippen LogP contribution in [0.4, 0.5) is 0 Å². The van der Waals surface area contributed by atoms with Gasteiger partial charge in [-0.1, -0.05) is 266 Å². The second kappa shape index (κ2) is 60.9. The summed E-state index contributed by atoms with van der Waals surface area (Å²) in [6, 6.07) is 0. The van der Waals surface area contributed by atoms with Crippen LogP contribution in [0.25, 0.3) is 0 Å². The summed E-state index contributed by atoms with van der Waals surface area (Å²) in [4.78, 5) is 38.2. The number of esters is 3. The first-order chi connectivity index (χ1) is 36.0. The van der Waals surface area contributed by atoms with Crippen LogP contribution in [0, 0.1) is 0 Å². The van der Waals surface area contributed by atoms with E-state index in [9.17, 15) is 14.4 Å². The number of ether oxygens (including phenoxy) is 3. The lowest BCUT2D eigenvalue weighted by molar-refractivity contribution is -0.167.